The van der Waals surface area contributed by atoms with Gasteiger partial charge in [-0.25, -0.2) is 0 Å². The van der Waals surface area contributed by atoms with Gasteiger partial charge in [0.25, 0.3) is 0 Å². The predicted molar refractivity (Wildman–Crippen MR) is 31.5 cm³/mol. The van der Waals surface area contributed by atoms with E-state index in [0.29, 0.717) is 0 Å². The maximum Gasteiger partial charge on any atom is 2.00 e. The fraction of sp³-hybridized carbons (Fsp3) is 0.333. The van der Waals surface area contributed by atoms with Crippen LogP contribution in [-0.4, -0.2) is 73.1 Å². The first-order valence-electron chi connectivity index (χ1n) is 1.56. The molecule has 0 aromatic rings. The van der Waals surface area contributed by atoms with Crippen LogP contribution in [0.2, 0.25) is 0 Å². The van der Waals surface area contributed by atoms with Gasteiger partial charge < -0.3 is 18.5 Å². The number of carbonyl (C=O) groups is 2. The molecule has 0 aromatic carbocycles. The summed E-state index contributed by atoms with van der Waals surface area (Å²) in [5.41, 5.74) is 0. The first-order chi connectivity index (χ1) is 3.13. The van der Waals surface area contributed by atoms with Crippen molar-refractivity contribution in [1.29, 1.82) is 0 Å². The summed E-state index contributed by atoms with van der Waals surface area (Å²) in [5.74, 6) is -2.62. The summed E-state index contributed by atoms with van der Waals surface area (Å²) < 4.78 is 0. The van der Waals surface area contributed by atoms with Gasteiger partial charge in [-0.1, -0.05) is 0 Å². The van der Waals surface area contributed by atoms with Crippen LogP contribution in [0.3, 0.4) is 0 Å². The Kier molecular flexibility index (Phi) is 15.1. The molecule has 0 spiro atoms. The Morgan fingerprint density at radius 2 is 1.44 bits per heavy atom. The molecule has 4 N–H and O–H groups in total. The first kappa shape index (κ1) is 16.2. The zero-order valence-corrected chi connectivity index (χ0v) is 8.10. The fourth-order valence-electron chi connectivity index (χ4n) is 0.129. The molecule has 0 unspecified atom stereocenters. The molecule has 0 aliphatic carbocycles. The van der Waals surface area contributed by atoms with Crippen LogP contribution in [0.4, 0.5) is 0 Å². The molecule has 6 heteroatoms. The van der Waals surface area contributed by atoms with Crippen molar-refractivity contribution in [3.05, 3.63) is 0 Å². The largest absolute Gasteiger partial charge is 2.00 e. The van der Waals surface area contributed by atoms with Gasteiger partial charge in [0.1, 0.15) is 6.42 Å². The Morgan fingerprint density at radius 1 is 1.22 bits per heavy atom. The smallest absolute Gasteiger partial charge is 1.00 e. The zero-order valence-electron chi connectivity index (χ0n) is 6.63. The number of hydrogen-bond acceptors (Lipinski definition) is 2. The van der Waals surface area contributed by atoms with Gasteiger partial charge >= 0.3 is 57.4 Å². The third kappa shape index (κ3) is 17.8. The van der Waals surface area contributed by atoms with Crippen molar-refractivity contribution in [3.8, 4) is 0 Å². The molecular weight excluding hydrogens is 204 g/mol. The van der Waals surface area contributed by atoms with E-state index in [1.807, 2.05) is 0 Å². The summed E-state index contributed by atoms with van der Waals surface area (Å²) in [6.45, 7) is 0. The van der Waals surface area contributed by atoms with Gasteiger partial charge in [-0.15, -0.1) is 0 Å². The molecule has 0 aliphatic rings. The quantitative estimate of drug-likeness (QED) is 0.431. The van der Waals surface area contributed by atoms with Crippen LogP contribution in [0.15, 0.2) is 0 Å². The van der Waals surface area contributed by atoms with E-state index in [1.165, 1.54) is 0 Å². The minimum Gasteiger partial charge on any atom is -1.00 e. The third-order valence-corrected chi connectivity index (χ3v) is 0.302. The minimum atomic E-state index is -1.31. The summed E-state index contributed by atoms with van der Waals surface area (Å²) in [5, 5.41) is 15.4. The molecule has 0 fully saturated rings. The Morgan fingerprint density at radius 3 is 1.44 bits per heavy atom. The van der Waals surface area contributed by atoms with Crippen molar-refractivity contribution in [3.63, 3.8) is 0 Å². The van der Waals surface area contributed by atoms with Crippen LogP contribution < -0.4 is 0 Å². The normalized spacial score (nSPS) is 6.22. The molecule has 5 nitrogen and oxygen atoms in total. The standard InChI is InChI=1S/C3H4O4.H2O.Sr.2H/c4-2(5)1-3(6)7;;;;/h1H2,(H,4,5)(H,6,7);1H2;;;/q;;+2;2*-1. The molecule has 9 heavy (non-hydrogen) atoms. The van der Waals surface area contributed by atoms with Crippen molar-refractivity contribution in [1.82, 2.24) is 0 Å². The van der Waals surface area contributed by atoms with E-state index in [0.717, 1.165) is 0 Å². The van der Waals surface area contributed by atoms with E-state index >= 15 is 0 Å². The Hall–Kier alpha value is 0.381. The maximum atomic E-state index is 9.43. The van der Waals surface area contributed by atoms with Crippen LogP contribution >= 0.6 is 0 Å². The predicted octanol–water partition coefficient (Wildman–Crippen LogP) is -1.43. The van der Waals surface area contributed by atoms with Crippen molar-refractivity contribution in [2.24, 2.45) is 0 Å². The number of carboxylic acid groups (broad SMARTS) is 2. The molecule has 52 valence electrons. The topological polar surface area (TPSA) is 106 Å². The monoisotopic (exact) mass is 212 g/mol. The van der Waals surface area contributed by atoms with Crippen molar-refractivity contribution < 1.29 is 28.1 Å². The second-order valence-corrected chi connectivity index (χ2v) is 0.964. The van der Waals surface area contributed by atoms with Crippen LogP contribution in [0.1, 0.15) is 9.27 Å². The molecule has 0 aromatic heterocycles. The SMILES string of the molecule is O.O=C(O)CC(=O)O.[H-].[H-].[Sr+2]. The average Bonchev–Trinajstić information content (AvgIpc) is 1.27. The second-order valence-electron chi connectivity index (χ2n) is 0.964. The second kappa shape index (κ2) is 8.38. The summed E-state index contributed by atoms with van der Waals surface area (Å²) in [6, 6.07) is 0. The molecule has 0 radical (unpaired) electrons. The van der Waals surface area contributed by atoms with Gasteiger partial charge in [0, 0.05) is 0 Å². The summed E-state index contributed by atoms with van der Waals surface area (Å²) in [7, 11) is 0. The molecule has 0 aliphatic heterocycles. The summed E-state index contributed by atoms with van der Waals surface area (Å²) in [4.78, 5) is 18.9. The van der Waals surface area contributed by atoms with Gasteiger partial charge in [-0.3, -0.25) is 9.59 Å². The molecule has 0 rings (SSSR count). The summed E-state index contributed by atoms with van der Waals surface area (Å²) >= 11 is 0. The Balaban J connectivity index is -0.0000000300. The van der Waals surface area contributed by atoms with E-state index < -0.39 is 18.4 Å². The van der Waals surface area contributed by atoms with Crippen LogP contribution in [0.5, 0.6) is 0 Å². The van der Waals surface area contributed by atoms with Crippen molar-refractivity contribution in [2.75, 3.05) is 0 Å². The van der Waals surface area contributed by atoms with E-state index in [-0.39, 0.29) is 53.8 Å². The average molecular weight is 212 g/mol. The third-order valence-electron chi connectivity index (χ3n) is 0.302. The Bertz CT molecular complexity index is 95.9. The minimum absolute atomic E-state index is 0. The van der Waals surface area contributed by atoms with Gasteiger partial charge in [0.15, 0.2) is 0 Å². The Labute approximate surface area is 91.2 Å². The number of hydrogen-bond donors (Lipinski definition) is 2. The molecule has 0 saturated carbocycles. The maximum absolute atomic E-state index is 9.43. The van der Waals surface area contributed by atoms with E-state index in [1.54, 1.807) is 0 Å². The summed E-state index contributed by atoms with van der Waals surface area (Å²) in [6.07, 6.45) is -0.806. The van der Waals surface area contributed by atoms with Crippen LogP contribution in [0.25, 0.3) is 0 Å². The molecule has 0 bridgehead atoms. The fourth-order valence-corrected chi connectivity index (χ4v) is 0.129. The number of aliphatic carboxylic acids is 2. The number of rotatable bonds is 2. The van der Waals surface area contributed by atoms with Crippen LogP contribution in [0, 0.1) is 0 Å². The molecule has 0 heterocycles. The van der Waals surface area contributed by atoms with E-state index in [9.17, 15) is 9.59 Å². The van der Waals surface area contributed by atoms with Crippen molar-refractivity contribution >= 4 is 57.4 Å². The number of carboxylic acids is 2. The van der Waals surface area contributed by atoms with E-state index in [2.05, 4.69) is 0 Å². The van der Waals surface area contributed by atoms with Crippen LogP contribution in [-0.2, 0) is 9.59 Å². The van der Waals surface area contributed by atoms with Gasteiger partial charge in [-0.2, -0.15) is 0 Å². The molecular formula is C3H8O5Sr. The van der Waals surface area contributed by atoms with Gasteiger partial charge in [-0.05, 0) is 0 Å². The first-order valence-corrected chi connectivity index (χ1v) is 1.56. The molecule has 0 saturated heterocycles. The van der Waals surface area contributed by atoms with Gasteiger partial charge in [0.05, 0.1) is 0 Å². The van der Waals surface area contributed by atoms with Crippen molar-refractivity contribution in [2.45, 2.75) is 6.42 Å². The van der Waals surface area contributed by atoms with Gasteiger partial charge in [0.2, 0.25) is 0 Å². The molecule has 0 atom stereocenters. The molecule has 0 amide bonds. The zero-order chi connectivity index (χ0) is 5.86. The van der Waals surface area contributed by atoms with E-state index in [4.69, 9.17) is 10.2 Å².